The smallest absolute Gasteiger partial charge is 0.274 e. The number of rotatable bonds is 14. The maximum Gasteiger partial charge on any atom is 0.274 e. The first-order valence-electron chi connectivity index (χ1n) is 8.62. The molecule has 0 amide bonds. The van der Waals surface area contributed by atoms with E-state index in [1.165, 1.54) is 0 Å². The highest BCUT2D eigenvalue weighted by molar-refractivity contribution is 7.98. The van der Waals surface area contributed by atoms with Gasteiger partial charge >= 0.3 is 0 Å². The summed E-state index contributed by atoms with van der Waals surface area (Å²) < 4.78 is 4.78. The summed E-state index contributed by atoms with van der Waals surface area (Å²) in [6.07, 6.45) is 5.11. The second-order valence-electron chi connectivity index (χ2n) is 5.56. The number of pyridine rings is 1. The third-order valence-corrected chi connectivity index (χ3v) is 5.78. The lowest BCUT2D eigenvalue weighted by Gasteiger charge is -2.11. The van der Waals surface area contributed by atoms with E-state index >= 15 is 0 Å². The zero-order valence-electron chi connectivity index (χ0n) is 15.2. The van der Waals surface area contributed by atoms with Crippen LogP contribution in [0.3, 0.4) is 0 Å². The predicted octanol–water partition coefficient (Wildman–Crippen LogP) is 3.53. The van der Waals surface area contributed by atoms with E-state index in [9.17, 15) is 10.1 Å². The van der Waals surface area contributed by atoms with Gasteiger partial charge in [0, 0.05) is 42.6 Å². The number of nitro groups is 1. The summed E-state index contributed by atoms with van der Waals surface area (Å²) >= 11 is 9.48. The number of hydrogen-bond acceptors (Lipinski definition) is 9. The van der Waals surface area contributed by atoms with Crippen LogP contribution in [0.25, 0.3) is 0 Å². The van der Waals surface area contributed by atoms with E-state index in [0.717, 1.165) is 41.3 Å². The molecule has 2 N–H and O–H groups in total. The summed E-state index contributed by atoms with van der Waals surface area (Å²) in [5.41, 5.74) is 1.76. The lowest BCUT2D eigenvalue weighted by atomic mass is 10.4. The molecule has 0 saturated heterocycles. The van der Waals surface area contributed by atoms with E-state index in [-0.39, 0.29) is 0 Å². The fraction of sp³-hybridized carbons (Fsp3) is 0.412. The zero-order valence-corrected chi connectivity index (χ0v) is 17.6. The van der Waals surface area contributed by atoms with Crippen LogP contribution in [0.1, 0.15) is 17.8 Å². The lowest BCUT2D eigenvalue weighted by molar-refractivity contribution is -0.404. The van der Waals surface area contributed by atoms with Crippen LogP contribution in [0.2, 0.25) is 5.02 Å². The Bertz CT molecular complexity index is 746. The first kappa shape index (κ1) is 22.4. The van der Waals surface area contributed by atoms with Crippen molar-refractivity contribution in [3.05, 3.63) is 69.2 Å². The second-order valence-corrected chi connectivity index (χ2v) is 8.18. The van der Waals surface area contributed by atoms with E-state index in [2.05, 4.69) is 20.8 Å². The number of thioether (sulfide) groups is 2. The van der Waals surface area contributed by atoms with Crippen molar-refractivity contribution in [2.45, 2.75) is 17.9 Å². The quantitative estimate of drug-likeness (QED) is 0.257. The van der Waals surface area contributed by atoms with Gasteiger partial charge in [0.25, 0.3) is 6.20 Å². The Balaban J connectivity index is 1.59. The van der Waals surface area contributed by atoms with Gasteiger partial charge in [-0.15, -0.1) is 0 Å². The van der Waals surface area contributed by atoms with Crippen molar-refractivity contribution in [3.63, 3.8) is 0 Å². The van der Waals surface area contributed by atoms with Gasteiger partial charge in [-0.3, -0.25) is 15.1 Å². The largest absolute Gasteiger partial charge is 0.367 e. The molecule has 0 aliphatic rings. The first-order valence-corrected chi connectivity index (χ1v) is 11.3. The molecule has 11 heteroatoms. The van der Waals surface area contributed by atoms with E-state index < -0.39 is 4.92 Å². The molecule has 2 heterocycles. The molecule has 0 aromatic carbocycles. The van der Waals surface area contributed by atoms with Crippen molar-refractivity contribution in [1.29, 1.82) is 0 Å². The molecule has 0 aliphatic heterocycles. The summed E-state index contributed by atoms with van der Waals surface area (Å²) in [5, 5.41) is 21.4. The summed E-state index contributed by atoms with van der Waals surface area (Å²) in [6, 6.07) is 5.45. The summed E-state index contributed by atoms with van der Waals surface area (Å²) in [4.78, 5) is 14.6. The molecule has 8 nitrogen and oxygen atoms in total. The Kier molecular flexibility index (Phi) is 10.6. The van der Waals surface area contributed by atoms with Gasteiger partial charge in [-0.1, -0.05) is 16.8 Å². The fourth-order valence-corrected chi connectivity index (χ4v) is 4.03. The maximum absolute atomic E-state index is 10.8. The van der Waals surface area contributed by atoms with Crippen LogP contribution < -0.4 is 10.6 Å². The van der Waals surface area contributed by atoms with Crippen molar-refractivity contribution in [2.24, 2.45) is 0 Å². The summed E-state index contributed by atoms with van der Waals surface area (Å²) in [6.45, 7) is 1.25. The molecule has 0 aliphatic carbocycles. The van der Waals surface area contributed by atoms with Gasteiger partial charge in [0.2, 0.25) is 0 Å². The molecule has 2 aromatic rings. The third-order valence-electron chi connectivity index (χ3n) is 3.39. The topological polar surface area (TPSA) is 106 Å². The van der Waals surface area contributed by atoms with Crippen molar-refractivity contribution < 1.29 is 9.45 Å². The van der Waals surface area contributed by atoms with Crippen molar-refractivity contribution in [3.8, 4) is 0 Å². The van der Waals surface area contributed by atoms with Crippen molar-refractivity contribution in [1.82, 2.24) is 20.8 Å². The van der Waals surface area contributed by atoms with Crippen LogP contribution in [0.5, 0.6) is 0 Å². The number of aromatic nitrogens is 2. The van der Waals surface area contributed by atoms with E-state index in [4.69, 9.17) is 16.1 Å². The average molecular weight is 444 g/mol. The summed E-state index contributed by atoms with van der Waals surface area (Å²) in [7, 11) is 0. The molecule has 28 heavy (non-hydrogen) atoms. The molecule has 2 aromatic heterocycles. The number of nitrogens with zero attached hydrogens (tertiary/aromatic N) is 3. The molecule has 0 saturated carbocycles. The van der Waals surface area contributed by atoms with E-state index in [1.54, 1.807) is 42.1 Å². The molecule has 0 bridgehead atoms. The van der Waals surface area contributed by atoms with Crippen LogP contribution in [-0.2, 0) is 11.5 Å². The standard InChI is InChI=1S/C17H22ClN5O3S2/c18-15-3-1-5-19-16(15)13-28-10-7-21-17(11-23(24)25)20-6-2-9-27-12-14-4-8-26-22-14/h1,3-5,8,11,20-21H,2,6-7,9-10,12-13H2. The van der Waals surface area contributed by atoms with Crippen LogP contribution in [0, 0.1) is 10.1 Å². The second kappa shape index (κ2) is 13.3. The Morgan fingerprint density at radius 2 is 2.07 bits per heavy atom. The van der Waals surface area contributed by atoms with Gasteiger partial charge in [0.15, 0.2) is 5.82 Å². The molecular weight excluding hydrogens is 422 g/mol. The van der Waals surface area contributed by atoms with Crippen LogP contribution in [-0.4, -0.2) is 39.7 Å². The number of halogens is 1. The zero-order chi connectivity index (χ0) is 20.0. The first-order chi connectivity index (χ1) is 13.6. The minimum Gasteiger partial charge on any atom is -0.367 e. The molecular formula is C17H22ClN5O3S2. The molecule has 0 spiro atoms. The van der Waals surface area contributed by atoms with Crippen LogP contribution >= 0.6 is 35.1 Å². The van der Waals surface area contributed by atoms with Gasteiger partial charge < -0.3 is 15.2 Å². The van der Waals surface area contributed by atoms with Crippen LogP contribution in [0.15, 0.2) is 47.2 Å². The normalized spacial score (nSPS) is 11.4. The number of hydrogen-bond donors (Lipinski definition) is 2. The SMILES string of the molecule is O=[N+]([O-])C=C(NCCCSCc1ccon1)NCCSCc1ncccc1Cl. The minimum absolute atomic E-state index is 0.419. The van der Waals surface area contributed by atoms with Gasteiger partial charge in [-0.2, -0.15) is 23.5 Å². The molecule has 0 fully saturated rings. The molecule has 152 valence electrons. The van der Waals surface area contributed by atoms with E-state index in [1.807, 2.05) is 12.1 Å². The van der Waals surface area contributed by atoms with Crippen molar-refractivity contribution >= 4 is 35.1 Å². The molecule has 0 unspecified atom stereocenters. The minimum atomic E-state index is -0.463. The molecule has 0 radical (unpaired) electrons. The predicted molar refractivity (Wildman–Crippen MR) is 114 cm³/mol. The van der Waals surface area contributed by atoms with Crippen molar-refractivity contribution in [2.75, 3.05) is 24.6 Å². The Morgan fingerprint density at radius 3 is 2.82 bits per heavy atom. The highest BCUT2D eigenvalue weighted by atomic mass is 35.5. The molecule has 2 rings (SSSR count). The fourth-order valence-electron chi connectivity index (χ4n) is 2.10. The highest BCUT2D eigenvalue weighted by Crippen LogP contribution is 2.18. The van der Waals surface area contributed by atoms with Gasteiger partial charge in [0.05, 0.1) is 21.3 Å². The molecule has 0 atom stereocenters. The number of nitrogens with one attached hydrogen (secondary N) is 2. The third kappa shape index (κ3) is 9.34. The summed E-state index contributed by atoms with van der Waals surface area (Å²) in [5.74, 6) is 3.61. The maximum atomic E-state index is 10.8. The Labute approximate surface area is 177 Å². The van der Waals surface area contributed by atoms with Gasteiger partial charge in [-0.05, 0) is 24.3 Å². The Hall–Kier alpha value is -1.91. The lowest BCUT2D eigenvalue weighted by Crippen LogP contribution is -2.29. The van der Waals surface area contributed by atoms with Crippen LogP contribution in [0.4, 0.5) is 0 Å². The highest BCUT2D eigenvalue weighted by Gasteiger charge is 2.04. The average Bonchev–Trinajstić information content (AvgIpc) is 3.18. The Morgan fingerprint density at radius 1 is 1.25 bits per heavy atom. The van der Waals surface area contributed by atoms with Gasteiger partial charge in [0.1, 0.15) is 6.26 Å². The van der Waals surface area contributed by atoms with E-state index in [0.29, 0.717) is 29.7 Å². The van der Waals surface area contributed by atoms with Gasteiger partial charge in [-0.25, -0.2) is 0 Å². The monoisotopic (exact) mass is 443 g/mol.